The predicted molar refractivity (Wildman–Crippen MR) is 108 cm³/mol. The van der Waals surface area contributed by atoms with Crippen LogP contribution in [0.4, 0.5) is 16.2 Å². The number of amides is 2. The molecule has 1 heterocycles. The normalized spacial score (nSPS) is 15.2. The molecule has 0 aliphatic carbocycles. The highest BCUT2D eigenvalue weighted by Gasteiger charge is 2.39. The van der Waals surface area contributed by atoms with Gasteiger partial charge in [-0.05, 0) is 35.9 Å². The van der Waals surface area contributed by atoms with Crippen molar-refractivity contribution in [1.82, 2.24) is 0 Å². The standard InChI is InChI=1S/C22H17ClN2O3/c23-16-10-12-17(13-11-16)24-22(27)28-20-18-8-4-5-9-19(18)25(21(20)26)14-15-6-2-1-3-7-15/h1-13,20H,14H2,(H,24,27). The van der Waals surface area contributed by atoms with Crippen LogP contribution >= 0.6 is 11.6 Å². The first kappa shape index (κ1) is 18.1. The summed E-state index contributed by atoms with van der Waals surface area (Å²) in [6.07, 6.45) is -1.68. The molecular weight excluding hydrogens is 376 g/mol. The van der Waals surface area contributed by atoms with Crippen LogP contribution < -0.4 is 10.2 Å². The fraction of sp³-hybridized carbons (Fsp3) is 0.0909. The van der Waals surface area contributed by atoms with Gasteiger partial charge in [0.25, 0.3) is 5.91 Å². The van der Waals surface area contributed by atoms with Crippen molar-refractivity contribution in [2.24, 2.45) is 0 Å². The number of benzene rings is 3. The van der Waals surface area contributed by atoms with E-state index >= 15 is 0 Å². The number of hydrogen-bond donors (Lipinski definition) is 1. The highest BCUT2D eigenvalue weighted by atomic mass is 35.5. The van der Waals surface area contributed by atoms with Crippen molar-refractivity contribution in [1.29, 1.82) is 0 Å². The van der Waals surface area contributed by atoms with Crippen molar-refractivity contribution in [3.05, 3.63) is 95.0 Å². The molecule has 0 saturated heterocycles. The van der Waals surface area contributed by atoms with Crippen molar-refractivity contribution in [2.45, 2.75) is 12.6 Å². The molecule has 0 bridgehead atoms. The highest BCUT2D eigenvalue weighted by molar-refractivity contribution is 6.30. The SMILES string of the molecule is O=C(Nc1ccc(Cl)cc1)OC1C(=O)N(Cc2ccccc2)c2ccccc21. The first-order valence-electron chi connectivity index (χ1n) is 8.79. The number of anilines is 2. The molecular formula is C22H17ClN2O3. The van der Waals surface area contributed by atoms with E-state index < -0.39 is 12.2 Å². The molecule has 1 N–H and O–H groups in total. The lowest BCUT2D eigenvalue weighted by atomic mass is 10.1. The third kappa shape index (κ3) is 3.70. The van der Waals surface area contributed by atoms with Gasteiger partial charge in [-0.25, -0.2) is 4.79 Å². The molecule has 1 aliphatic heterocycles. The maximum atomic E-state index is 13.0. The average molecular weight is 393 g/mol. The molecule has 2 amide bonds. The monoisotopic (exact) mass is 392 g/mol. The second-order valence-electron chi connectivity index (χ2n) is 6.39. The fourth-order valence-corrected chi connectivity index (χ4v) is 3.30. The Labute approximate surface area is 167 Å². The molecule has 1 unspecified atom stereocenters. The molecule has 1 aliphatic rings. The molecule has 3 aromatic carbocycles. The van der Waals surface area contributed by atoms with E-state index in [0.29, 0.717) is 22.8 Å². The predicted octanol–water partition coefficient (Wildman–Crippen LogP) is 5.18. The zero-order chi connectivity index (χ0) is 19.5. The average Bonchev–Trinajstić information content (AvgIpc) is 2.96. The van der Waals surface area contributed by atoms with Crippen LogP contribution in [0.25, 0.3) is 0 Å². The maximum absolute atomic E-state index is 13.0. The number of halogens is 1. The summed E-state index contributed by atoms with van der Waals surface area (Å²) in [6, 6.07) is 23.7. The molecule has 0 aromatic heterocycles. The topological polar surface area (TPSA) is 58.6 Å². The van der Waals surface area contributed by atoms with Crippen LogP contribution in [-0.4, -0.2) is 12.0 Å². The van der Waals surface area contributed by atoms with Gasteiger partial charge in [-0.1, -0.05) is 60.1 Å². The second kappa shape index (κ2) is 7.74. The summed E-state index contributed by atoms with van der Waals surface area (Å²) >= 11 is 5.85. The summed E-state index contributed by atoms with van der Waals surface area (Å²) in [4.78, 5) is 27.0. The summed E-state index contributed by atoms with van der Waals surface area (Å²) in [7, 11) is 0. The Morgan fingerprint density at radius 1 is 0.964 bits per heavy atom. The van der Waals surface area contributed by atoms with Crippen LogP contribution in [0.3, 0.4) is 0 Å². The smallest absolute Gasteiger partial charge is 0.412 e. The Morgan fingerprint density at radius 3 is 2.39 bits per heavy atom. The molecule has 140 valence electrons. The summed E-state index contributed by atoms with van der Waals surface area (Å²) < 4.78 is 5.48. The van der Waals surface area contributed by atoms with Crippen molar-refractivity contribution in [2.75, 3.05) is 10.2 Å². The lowest BCUT2D eigenvalue weighted by Gasteiger charge is -2.18. The van der Waals surface area contributed by atoms with Crippen LogP contribution in [0.2, 0.25) is 5.02 Å². The van der Waals surface area contributed by atoms with Crippen LogP contribution in [-0.2, 0) is 16.1 Å². The van der Waals surface area contributed by atoms with E-state index in [9.17, 15) is 9.59 Å². The number of hydrogen-bond acceptors (Lipinski definition) is 3. The van der Waals surface area contributed by atoms with Gasteiger partial charge >= 0.3 is 6.09 Å². The van der Waals surface area contributed by atoms with E-state index in [4.69, 9.17) is 16.3 Å². The van der Waals surface area contributed by atoms with Gasteiger partial charge in [-0.3, -0.25) is 10.1 Å². The number of carbonyl (C=O) groups excluding carboxylic acids is 2. The molecule has 1 atom stereocenters. The van der Waals surface area contributed by atoms with Gasteiger partial charge in [0, 0.05) is 16.3 Å². The molecule has 4 rings (SSSR count). The van der Waals surface area contributed by atoms with Gasteiger partial charge in [0.2, 0.25) is 6.10 Å². The minimum Gasteiger partial charge on any atom is -0.431 e. The van der Waals surface area contributed by atoms with Crippen LogP contribution in [0.15, 0.2) is 78.9 Å². The van der Waals surface area contributed by atoms with Crippen LogP contribution in [0, 0.1) is 0 Å². The van der Waals surface area contributed by atoms with Gasteiger partial charge in [-0.2, -0.15) is 0 Å². The van der Waals surface area contributed by atoms with Gasteiger partial charge in [0.15, 0.2) is 0 Å². The first-order valence-corrected chi connectivity index (χ1v) is 9.17. The van der Waals surface area contributed by atoms with Gasteiger partial charge < -0.3 is 9.64 Å². The highest BCUT2D eigenvalue weighted by Crippen LogP contribution is 2.39. The molecule has 0 fully saturated rings. The van der Waals surface area contributed by atoms with Gasteiger partial charge in [-0.15, -0.1) is 0 Å². The zero-order valence-electron chi connectivity index (χ0n) is 14.8. The lowest BCUT2D eigenvalue weighted by molar-refractivity contribution is -0.125. The molecule has 3 aromatic rings. The summed E-state index contributed by atoms with van der Waals surface area (Å²) in [5.41, 5.74) is 2.96. The van der Waals surface area contributed by atoms with Crippen molar-refractivity contribution < 1.29 is 14.3 Å². The van der Waals surface area contributed by atoms with Crippen molar-refractivity contribution in [3.63, 3.8) is 0 Å². The number of fused-ring (bicyclic) bond motifs is 1. The van der Waals surface area contributed by atoms with E-state index in [0.717, 1.165) is 11.3 Å². The molecule has 28 heavy (non-hydrogen) atoms. The Balaban J connectivity index is 1.53. The number of para-hydroxylation sites is 1. The van der Waals surface area contributed by atoms with Gasteiger partial charge in [0.1, 0.15) is 0 Å². The van der Waals surface area contributed by atoms with E-state index in [1.54, 1.807) is 35.2 Å². The maximum Gasteiger partial charge on any atom is 0.412 e. The Morgan fingerprint density at radius 2 is 1.64 bits per heavy atom. The third-order valence-electron chi connectivity index (χ3n) is 4.50. The van der Waals surface area contributed by atoms with E-state index in [2.05, 4.69) is 5.32 Å². The number of ether oxygens (including phenoxy) is 1. The number of rotatable bonds is 4. The van der Waals surface area contributed by atoms with Gasteiger partial charge in [0.05, 0.1) is 12.2 Å². The Bertz CT molecular complexity index is 1010. The fourth-order valence-electron chi connectivity index (χ4n) is 3.18. The van der Waals surface area contributed by atoms with Crippen LogP contribution in [0.5, 0.6) is 0 Å². The van der Waals surface area contributed by atoms with Crippen molar-refractivity contribution >= 4 is 35.0 Å². The summed E-state index contributed by atoms with van der Waals surface area (Å²) in [5.74, 6) is -0.267. The second-order valence-corrected chi connectivity index (χ2v) is 6.82. The first-order chi connectivity index (χ1) is 13.6. The Hall–Kier alpha value is -3.31. The lowest BCUT2D eigenvalue weighted by Crippen LogP contribution is -2.30. The number of nitrogens with zero attached hydrogens (tertiary/aromatic N) is 1. The van der Waals surface area contributed by atoms with E-state index in [-0.39, 0.29) is 5.91 Å². The molecule has 0 radical (unpaired) electrons. The quantitative estimate of drug-likeness (QED) is 0.665. The largest absolute Gasteiger partial charge is 0.431 e. The third-order valence-corrected chi connectivity index (χ3v) is 4.75. The summed E-state index contributed by atoms with van der Waals surface area (Å²) in [6.45, 7) is 0.412. The van der Waals surface area contributed by atoms with E-state index in [1.807, 2.05) is 48.5 Å². The number of carbonyl (C=O) groups is 2. The minimum atomic E-state index is -0.979. The molecule has 0 saturated carbocycles. The molecule has 0 spiro atoms. The number of nitrogens with one attached hydrogen (secondary N) is 1. The Kier molecular flexibility index (Phi) is 5.00. The molecule has 5 nitrogen and oxygen atoms in total. The summed E-state index contributed by atoms with van der Waals surface area (Å²) in [5, 5.41) is 3.19. The van der Waals surface area contributed by atoms with Crippen molar-refractivity contribution in [3.8, 4) is 0 Å². The minimum absolute atomic E-state index is 0.267. The molecule has 6 heteroatoms. The zero-order valence-corrected chi connectivity index (χ0v) is 15.6. The van der Waals surface area contributed by atoms with Crippen LogP contribution in [0.1, 0.15) is 17.2 Å². The van der Waals surface area contributed by atoms with E-state index in [1.165, 1.54) is 0 Å².